The van der Waals surface area contributed by atoms with Crippen LogP contribution >= 0.6 is 11.8 Å². The normalized spacial score (nSPS) is 9.79. The lowest BCUT2D eigenvalue weighted by Gasteiger charge is -2.02. The van der Waals surface area contributed by atoms with Crippen LogP contribution in [0.5, 0.6) is 0 Å². The first kappa shape index (κ1) is 10.7. The third-order valence-electron chi connectivity index (χ3n) is 1.47. The molecule has 1 rings (SSSR count). The summed E-state index contributed by atoms with van der Waals surface area (Å²) in [6, 6.07) is 6.16. The third-order valence-corrected chi connectivity index (χ3v) is 2.40. The van der Waals surface area contributed by atoms with Gasteiger partial charge in [-0.2, -0.15) is 0 Å². The molecule has 1 aromatic carbocycles. The molecule has 0 radical (unpaired) electrons. The van der Waals surface area contributed by atoms with E-state index in [9.17, 15) is 9.59 Å². The Labute approximate surface area is 84.6 Å². The number of aromatic carboxylic acids is 1. The van der Waals surface area contributed by atoms with Crippen LogP contribution in [0.25, 0.3) is 0 Å². The smallest absolute Gasteiger partial charge is 0.336 e. The minimum atomic E-state index is -1.08. The number of hydrogen-bond donors (Lipinski definition) is 2. The van der Waals surface area contributed by atoms with E-state index in [1.807, 2.05) is 0 Å². The van der Waals surface area contributed by atoms with E-state index in [2.05, 4.69) is 0 Å². The Balaban J connectivity index is 2.95. The molecule has 0 aromatic heterocycles. The zero-order valence-corrected chi connectivity index (χ0v) is 7.95. The fourth-order valence-corrected chi connectivity index (χ4v) is 1.61. The van der Waals surface area contributed by atoms with Gasteiger partial charge in [-0.3, -0.25) is 4.79 Å². The van der Waals surface area contributed by atoms with E-state index in [4.69, 9.17) is 10.2 Å². The van der Waals surface area contributed by atoms with Crippen molar-refractivity contribution in [2.45, 2.75) is 4.90 Å². The highest BCUT2D eigenvalue weighted by Crippen LogP contribution is 2.22. The topological polar surface area (TPSA) is 74.6 Å². The molecular formula is C9H8O4S. The summed E-state index contributed by atoms with van der Waals surface area (Å²) in [5.74, 6) is -1.08. The standard InChI is InChI=1S/C9H8O4S/c10-5-8(11)14-7-4-2-1-3-6(7)9(12)13/h1-4,10H,5H2,(H,12,13). The molecule has 0 spiro atoms. The molecule has 1 aromatic rings. The second-order valence-electron chi connectivity index (χ2n) is 2.43. The van der Waals surface area contributed by atoms with Crippen molar-refractivity contribution >= 4 is 22.8 Å². The number of rotatable bonds is 3. The number of carbonyl (C=O) groups excluding carboxylic acids is 1. The number of benzene rings is 1. The van der Waals surface area contributed by atoms with Gasteiger partial charge in [-0.05, 0) is 23.9 Å². The lowest BCUT2D eigenvalue weighted by molar-refractivity contribution is -0.113. The van der Waals surface area contributed by atoms with Crippen LogP contribution in [0.15, 0.2) is 29.2 Å². The van der Waals surface area contributed by atoms with Gasteiger partial charge in [-0.15, -0.1) is 0 Å². The Bertz CT molecular complexity index is 362. The van der Waals surface area contributed by atoms with Gasteiger partial charge < -0.3 is 10.2 Å². The first-order valence-electron chi connectivity index (χ1n) is 3.79. The molecule has 74 valence electrons. The summed E-state index contributed by atoms with van der Waals surface area (Å²) in [7, 11) is 0. The summed E-state index contributed by atoms with van der Waals surface area (Å²) in [4.78, 5) is 21.9. The molecule has 0 fully saturated rings. The summed E-state index contributed by atoms with van der Waals surface area (Å²) in [5.41, 5.74) is 0.0688. The van der Waals surface area contributed by atoms with Crippen LogP contribution in [-0.2, 0) is 4.79 Å². The monoisotopic (exact) mass is 212 g/mol. The SMILES string of the molecule is O=C(CO)Sc1ccccc1C(=O)O. The Hall–Kier alpha value is -1.33. The number of carbonyl (C=O) groups is 2. The van der Waals surface area contributed by atoms with Crippen molar-refractivity contribution in [3.63, 3.8) is 0 Å². The van der Waals surface area contributed by atoms with E-state index in [0.29, 0.717) is 4.90 Å². The lowest BCUT2D eigenvalue weighted by Crippen LogP contribution is -2.02. The van der Waals surface area contributed by atoms with Crippen molar-refractivity contribution in [3.8, 4) is 0 Å². The average Bonchev–Trinajstić information content (AvgIpc) is 2.18. The summed E-state index contributed by atoms with van der Waals surface area (Å²) < 4.78 is 0. The van der Waals surface area contributed by atoms with Gasteiger partial charge in [0.2, 0.25) is 5.12 Å². The zero-order chi connectivity index (χ0) is 10.6. The van der Waals surface area contributed by atoms with Gasteiger partial charge in [-0.25, -0.2) is 4.79 Å². The quantitative estimate of drug-likeness (QED) is 0.731. The fraction of sp³-hybridized carbons (Fsp3) is 0.111. The first-order valence-corrected chi connectivity index (χ1v) is 4.60. The molecule has 4 nitrogen and oxygen atoms in total. The van der Waals surface area contributed by atoms with Crippen molar-refractivity contribution in [2.24, 2.45) is 0 Å². The molecular weight excluding hydrogens is 204 g/mol. The minimum Gasteiger partial charge on any atom is -0.478 e. The number of aliphatic hydroxyl groups is 1. The second kappa shape index (κ2) is 4.78. The number of thioether (sulfide) groups is 1. The highest BCUT2D eigenvalue weighted by molar-refractivity contribution is 8.13. The van der Waals surface area contributed by atoms with E-state index >= 15 is 0 Å². The average molecular weight is 212 g/mol. The van der Waals surface area contributed by atoms with E-state index in [1.54, 1.807) is 12.1 Å². The van der Waals surface area contributed by atoms with E-state index < -0.39 is 17.7 Å². The predicted octanol–water partition coefficient (Wildman–Crippen LogP) is 0.996. The number of carboxylic acids is 1. The van der Waals surface area contributed by atoms with E-state index in [-0.39, 0.29) is 5.56 Å². The molecule has 0 aliphatic carbocycles. The molecule has 0 atom stereocenters. The Morgan fingerprint density at radius 3 is 2.50 bits per heavy atom. The van der Waals surface area contributed by atoms with Gasteiger partial charge in [0.15, 0.2) is 0 Å². The molecule has 0 saturated carbocycles. The predicted molar refractivity (Wildman–Crippen MR) is 51.4 cm³/mol. The molecule has 0 heterocycles. The van der Waals surface area contributed by atoms with Crippen LogP contribution in [0.3, 0.4) is 0 Å². The fourth-order valence-electron chi connectivity index (χ4n) is 0.887. The van der Waals surface area contributed by atoms with Gasteiger partial charge in [0.05, 0.1) is 5.56 Å². The first-order chi connectivity index (χ1) is 6.65. The van der Waals surface area contributed by atoms with Crippen molar-refractivity contribution in [3.05, 3.63) is 29.8 Å². The maximum Gasteiger partial charge on any atom is 0.336 e. The summed E-state index contributed by atoms with van der Waals surface area (Å²) in [5, 5.41) is 16.8. The van der Waals surface area contributed by atoms with Crippen molar-refractivity contribution in [2.75, 3.05) is 6.61 Å². The Kier molecular flexibility index (Phi) is 3.67. The number of aliphatic hydroxyl groups excluding tert-OH is 1. The van der Waals surface area contributed by atoms with E-state index in [0.717, 1.165) is 11.8 Å². The van der Waals surface area contributed by atoms with Crippen molar-refractivity contribution in [1.82, 2.24) is 0 Å². The molecule has 2 N–H and O–H groups in total. The van der Waals surface area contributed by atoms with Crippen molar-refractivity contribution < 1.29 is 19.8 Å². The van der Waals surface area contributed by atoms with Gasteiger partial charge >= 0.3 is 5.97 Å². The minimum absolute atomic E-state index is 0.0688. The van der Waals surface area contributed by atoms with Gasteiger partial charge in [-0.1, -0.05) is 12.1 Å². The maximum absolute atomic E-state index is 10.9. The molecule has 0 aliphatic rings. The molecule has 0 amide bonds. The largest absolute Gasteiger partial charge is 0.478 e. The van der Waals surface area contributed by atoms with Crippen LogP contribution in [-0.4, -0.2) is 27.9 Å². The molecule has 0 bridgehead atoms. The van der Waals surface area contributed by atoms with Crippen LogP contribution in [0.2, 0.25) is 0 Å². The third kappa shape index (κ3) is 2.58. The number of carboxylic acid groups (broad SMARTS) is 1. The summed E-state index contributed by atoms with van der Waals surface area (Å²) in [6.45, 7) is -0.599. The molecule has 0 aliphatic heterocycles. The highest BCUT2D eigenvalue weighted by Gasteiger charge is 2.12. The molecule has 0 unspecified atom stereocenters. The van der Waals surface area contributed by atoms with Gasteiger partial charge in [0.25, 0.3) is 0 Å². The van der Waals surface area contributed by atoms with Crippen LogP contribution in [0.4, 0.5) is 0 Å². The summed E-state index contributed by atoms with van der Waals surface area (Å²) in [6.07, 6.45) is 0. The second-order valence-corrected chi connectivity index (χ2v) is 3.53. The number of hydrogen-bond acceptors (Lipinski definition) is 4. The highest BCUT2D eigenvalue weighted by atomic mass is 32.2. The van der Waals surface area contributed by atoms with Crippen LogP contribution in [0.1, 0.15) is 10.4 Å². The molecule has 0 saturated heterocycles. The molecule has 5 heteroatoms. The van der Waals surface area contributed by atoms with Crippen LogP contribution in [0, 0.1) is 0 Å². The Morgan fingerprint density at radius 2 is 1.93 bits per heavy atom. The molecule has 14 heavy (non-hydrogen) atoms. The van der Waals surface area contributed by atoms with Crippen molar-refractivity contribution in [1.29, 1.82) is 0 Å². The zero-order valence-electron chi connectivity index (χ0n) is 7.14. The van der Waals surface area contributed by atoms with Gasteiger partial charge in [0.1, 0.15) is 6.61 Å². The summed E-state index contributed by atoms with van der Waals surface area (Å²) >= 11 is 0.729. The van der Waals surface area contributed by atoms with E-state index in [1.165, 1.54) is 12.1 Å². The lowest BCUT2D eigenvalue weighted by atomic mass is 10.2. The Morgan fingerprint density at radius 1 is 1.29 bits per heavy atom. The van der Waals surface area contributed by atoms with Crippen LogP contribution < -0.4 is 0 Å². The van der Waals surface area contributed by atoms with Gasteiger partial charge in [0, 0.05) is 4.90 Å². The maximum atomic E-state index is 10.9.